The molecule has 2 N–H and O–H groups in total. The number of halogens is 1. The van der Waals surface area contributed by atoms with Crippen molar-refractivity contribution in [2.75, 3.05) is 13.1 Å². The van der Waals surface area contributed by atoms with E-state index < -0.39 is 0 Å². The Kier molecular flexibility index (Phi) is 4.48. The number of hydrogen-bond acceptors (Lipinski definition) is 4. The summed E-state index contributed by atoms with van der Waals surface area (Å²) >= 11 is 0. The van der Waals surface area contributed by atoms with E-state index >= 15 is 0 Å². The van der Waals surface area contributed by atoms with Crippen LogP contribution in [0.25, 0.3) is 11.0 Å². The largest absolute Gasteiger partial charge is 0.423 e. The first-order valence-corrected chi connectivity index (χ1v) is 6.63. The molecule has 108 valence electrons. The molecule has 1 aliphatic heterocycles. The van der Waals surface area contributed by atoms with E-state index in [1.807, 2.05) is 25.1 Å². The summed E-state index contributed by atoms with van der Waals surface area (Å²) < 4.78 is 5.27. The third-order valence-electron chi connectivity index (χ3n) is 3.69. The maximum Gasteiger partial charge on any atom is 0.336 e. The molecule has 0 saturated carbocycles. The van der Waals surface area contributed by atoms with Crippen LogP contribution in [0.15, 0.2) is 33.5 Å². The van der Waals surface area contributed by atoms with Crippen molar-refractivity contribution in [1.29, 1.82) is 0 Å². The van der Waals surface area contributed by atoms with Gasteiger partial charge in [-0.25, -0.2) is 4.79 Å². The highest BCUT2D eigenvalue weighted by Crippen LogP contribution is 2.21. The zero-order chi connectivity index (χ0) is 13.4. The second-order valence-electron chi connectivity index (χ2n) is 5.37. The molecule has 20 heavy (non-hydrogen) atoms. The van der Waals surface area contributed by atoms with Crippen molar-refractivity contribution in [2.45, 2.75) is 25.9 Å². The van der Waals surface area contributed by atoms with Crippen LogP contribution < -0.4 is 11.4 Å². The Morgan fingerprint density at radius 2 is 2.20 bits per heavy atom. The molecule has 0 amide bonds. The van der Waals surface area contributed by atoms with E-state index in [1.165, 1.54) is 0 Å². The minimum absolute atomic E-state index is 0. The van der Waals surface area contributed by atoms with Crippen LogP contribution in [0.4, 0.5) is 0 Å². The van der Waals surface area contributed by atoms with E-state index in [0.29, 0.717) is 5.58 Å². The van der Waals surface area contributed by atoms with Crippen molar-refractivity contribution in [1.82, 2.24) is 4.90 Å². The van der Waals surface area contributed by atoms with Crippen LogP contribution in [0.2, 0.25) is 0 Å². The first kappa shape index (κ1) is 15.0. The number of rotatable bonds is 2. The molecule has 1 fully saturated rings. The predicted molar refractivity (Wildman–Crippen MR) is 82.3 cm³/mol. The molecule has 0 radical (unpaired) electrons. The highest BCUT2D eigenvalue weighted by Gasteiger charge is 2.20. The number of benzene rings is 1. The summed E-state index contributed by atoms with van der Waals surface area (Å²) in [5.74, 6) is 0. The third kappa shape index (κ3) is 3.03. The first-order valence-electron chi connectivity index (χ1n) is 6.63. The summed E-state index contributed by atoms with van der Waals surface area (Å²) in [6.45, 7) is 4.65. The molecule has 1 aromatic carbocycles. The fraction of sp³-hybridized carbons (Fsp3) is 0.400. The van der Waals surface area contributed by atoms with Gasteiger partial charge in [-0.3, -0.25) is 4.90 Å². The van der Waals surface area contributed by atoms with Crippen LogP contribution >= 0.6 is 12.4 Å². The van der Waals surface area contributed by atoms with Gasteiger partial charge < -0.3 is 10.2 Å². The smallest absolute Gasteiger partial charge is 0.336 e. The van der Waals surface area contributed by atoms with Crippen molar-refractivity contribution in [2.24, 2.45) is 5.73 Å². The van der Waals surface area contributed by atoms with Gasteiger partial charge in [-0.2, -0.15) is 0 Å². The number of likely N-dealkylation sites (tertiary alicyclic amines) is 1. The molecule has 0 aliphatic carbocycles. The molecule has 3 rings (SSSR count). The molecule has 2 heterocycles. The van der Waals surface area contributed by atoms with E-state index in [-0.39, 0.29) is 24.1 Å². The second kappa shape index (κ2) is 5.95. The maximum absolute atomic E-state index is 11.6. The lowest BCUT2D eigenvalue weighted by Crippen LogP contribution is -2.26. The SMILES string of the molecule is Cc1ccc2c(CN3CC[C@@H](N)C3)cc(=O)oc2c1.Cl. The molecule has 1 aromatic heterocycles. The number of hydrogen-bond donors (Lipinski definition) is 1. The summed E-state index contributed by atoms with van der Waals surface area (Å²) in [7, 11) is 0. The standard InChI is InChI=1S/C15H18N2O2.ClH/c1-10-2-3-13-11(7-15(18)19-14(13)6-10)8-17-5-4-12(16)9-17;/h2-3,6-7,12H,4-5,8-9,16H2,1H3;1H/t12-;/m1./s1. The molecule has 0 unspecified atom stereocenters. The minimum atomic E-state index is -0.281. The highest BCUT2D eigenvalue weighted by atomic mass is 35.5. The third-order valence-corrected chi connectivity index (χ3v) is 3.69. The topological polar surface area (TPSA) is 59.5 Å². The quantitative estimate of drug-likeness (QED) is 0.861. The van der Waals surface area contributed by atoms with Crippen molar-refractivity contribution < 1.29 is 4.42 Å². The average Bonchev–Trinajstić information content (AvgIpc) is 2.74. The van der Waals surface area contributed by atoms with E-state index in [2.05, 4.69) is 4.90 Å². The van der Waals surface area contributed by atoms with Gasteiger partial charge in [0.15, 0.2) is 0 Å². The van der Waals surface area contributed by atoms with Gasteiger partial charge in [-0.15, -0.1) is 12.4 Å². The van der Waals surface area contributed by atoms with Gasteiger partial charge in [-0.05, 0) is 30.5 Å². The van der Waals surface area contributed by atoms with Crippen molar-refractivity contribution in [3.63, 3.8) is 0 Å². The van der Waals surface area contributed by atoms with Gasteiger partial charge in [0.25, 0.3) is 0 Å². The van der Waals surface area contributed by atoms with Crippen LogP contribution in [-0.2, 0) is 6.54 Å². The summed E-state index contributed by atoms with van der Waals surface area (Å²) in [4.78, 5) is 13.9. The number of fused-ring (bicyclic) bond motifs is 1. The molecule has 1 aliphatic rings. The summed E-state index contributed by atoms with van der Waals surface area (Å²) in [5, 5.41) is 1.02. The normalized spacial score (nSPS) is 19.2. The Morgan fingerprint density at radius 1 is 1.40 bits per heavy atom. The zero-order valence-electron chi connectivity index (χ0n) is 11.5. The number of nitrogens with two attached hydrogens (primary N) is 1. The highest BCUT2D eigenvalue weighted by molar-refractivity contribution is 5.85. The predicted octanol–water partition coefficient (Wildman–Crippen LogP) is 2.06. The minimum Gasteiger partial charge on any atom is -0.423 e. The van der Waals surface area contributed by atoms with Crippen molar-refractivity contribution in [3.05, 3.63) is 45.8 Å². The molecule has 2 aromatic rings. The summed E-state index contributed by atoms with van der Waals surface area (Å²) in [6.07, 6.45) is 1.03. The van der Waals surface area contributed by atoms with Crippen LogP contribution in [-0.4, -0.2) is 24.0 Å². The van der Waals surface area contributed by atoms with E-state index in [1.54, 1.807) is 6.07 Å². The second-order valence-corrected chi connectivity index (χ2v) is 5.37. The molecule has 5 heteroatoms. The lowest BCUT2D eigenvalue weighted by Gasteiger charge is -2.16. The van der Waals surface area contributed by atoms with Crippen LogP contribution in [0.3, 0.4) is 0 Å². The van der Waals surface area contributed by atoms with E-state index in [0.717, 1.165) is 42.6 Å². The molecule has 0 bridgehead atoms. The van der Waals surface area contributed by atoms with Crippen LogP contribution in [0, 0.1) is 6.92 Å². The van der Waals surface area contributed by atoms with Gasteiger partial charge >= 0.3 is 5.63 Å². The lowest BCUT2D eigenvalue weighted by molar-refractivity contribution is 0.327. The number of nitrogens with zero attached hydrogens (tertiary/aromatic N) is 1. The summed E-state index contributed by atoms with van der Waals surface area (Å²) in [6, 6.07) is 7.84. The molecule has 0 spiro atoms. The van der Waals surface area contributed by atoms with Gasteiger partial charge in [0.1, 0.15) is 5.58 Å². The van der Waals surface area contributed by atoms with Gasteiger partial charge in [0.05, 0.1) is 0 Å². The Labute approximate surface area is 124 Å². The average molecular weight is 295 g/mol. The van der Waals surface area contributed by atoms with Gasteiger partial charge in [-0.1, -0.05) is 12.1 Å². The fourth-order valence-electron chi connectivity index (χ4n) is 2.72. The fourth-order valence-corrected chi connectivity index (χ4v) is 2.72. The van der Waals surface area contributed by atoms with Crippen molar-refractivity contribution in [3.8, 4) is 0 Å². The zero-order valence-corrected chi connectivity index (χ0v) is 12.3. The Bertz CT molecular complexity index is 668. The molecule has 4 nitrogen and oxygen atoms in total. The van der Waals surface area contributed by atoms with Gasteiger partial charge in [0, 0.05) is 37.1 Å². The van der Waals surface area contributed by atoms with Crippen LogP contribution in [0.5, 0.6) is 0 Å². The Balaban J connectivity index is 0.00000147. The van der Waals surface area contributed by atoms with Crippen LogP contribution in [0.1, 0.15) is 17.5 Å². The maximum atomic E-state index is 11.6. The Hall–Kier alpha value is -1.36. The molecule has 1 saturated heterocycles. The molecular formula is C15H19ClN2O2. The molecular weight excluding hydrogens is 276 g/mol. The lowest BCUT2D eigenvalue weighted by atomic mass is 10.1. The number of aryl methyl sites for hydroxylation is 1. The Morgan fingerprint density at radius 3 is 2.90 bits per heavy atom. The first-order chi connectivity index (χ1) is 9.11. The summed E-state index contributed by atoms with van der Waals surface area (Å²) in [5.41, 5.74) is 8.43. The van der Waals surface area contributed by atoms with E-state index in [4.69, 9.17) is 10.2 Å². The van der Waals surface area contributed by atoms with Crippen molar-refractivity contribution >= 4 is 23.4 Å². The van der Waals surface area contributed by atoms with E-state index in [9.17, 15) is 4.79 Å². The molecule has 1 atom stereocenters. The van der Waals surface area contributed by atoms with Gasteiger partial charge in [0.2, 0.25) is 0 Å². The monoisotopic (exact) mass is 294 g/mol.